The van der Waals surface area contributed by atoms with Gasteiger partial charge in [0.05, 0.1) is 0 Å². The summed E-state index contributed by atoms with van der Waals surface area (Å²) in [5, 5.41) is 0. The molecule has 3 aliphatic heterocycles. The molecule has 2 atom stereocenters. The summed E-state index contributed by atoms with van der Waals surface area (Å²) in [5.41, 5.74) is 1.48. The second kappa shape index (κ2) is 4.49. The van der Waals surface area contributed by atoms with E-state index in [4.69, 9.17) is 4.74 Å². The second-order valence-electron chi connectivity index (χ2n) is 6.35. The Hall–Kier alpha value is -0.540. The molecule has 3 heteroatoms. The Labute approximate surface area is 123 Å². The first-order chi connectivity index (χ1) is 9.24. The molecule has 2 unspecified atom stereocenters. The van der Waals surface area contributed by atoms with Crippen molar-refractivity contribution in [2.45, 2.75) is 50.2 Å². The van der Waals surface area contributed by atoms with Crippen LogP contribution in [0.15, 0.2) is 22.7 Å². The first-order valence-electron chi connectivity index (χ1n) is 7.46. The van der Waals surface area contributed by atoms with Crippen molar-refractivity contribution in [3.8, 4) is 5.75 Å². The lowest BCUT2D eigenvalue weighted by atomic mass is 9.86. The van der Waals surface area contributed by atoms with Gasteiger partial charge in [-0.3, -0.25) is 0 Å². The first-order valence-corrected chi connectivity index (χ1v) is 8.25. The van der Waals surface area contributed by atoms with Crippen LogP contribution in [0.1, 0.15) is 37.7 Å². The van der Waals surface area contributed by atoms with Gasteiger partial charge in [-0.25, -0.2) is 0 Å². The molecule has 0 radical (unpaired) electrons. The van der Waals surface area contributed by atoms with Crippen LogP contribution in [0.3, 0.4) is 0 Å². The van der Waals surface area contributed by atoms with Gasteiger partial charge in [0.15, 0.2) is 0 Å². The Morgan fingerprint density at radius 3 is 3.11 bits per heavy atom. The minimum Gasteiger partial charge on any atom is -0.487 e. The van der Waals surface area contributed by atoms with E-state index in [0.29, 0.717) is 0 Å². The molecule has 0 bridgehead atoms. The summed E-state index contributed by atoms with van der Waals surface area (Å²) in [6.07, 6.45) is 7.56. The Morgan fingerprint density at radius 1 is 1.26 bits per heavy atom. The Morgan fingerprint density at radius 2 is 2.16 bits per heavy atom. The lowest BCUT2D eigenvalue weighted by Crippen LogP contribution is -2.39. The summed E-state index contributed by atoms with van der Waals surface area (Å²) in [6.45, 7) is 2.58. The van der Waals surface area contributed by atoms with Crippen LogP contribution >= 0.6 is 15.9 Å². The number of nitrogens with zero attached hydrogens (tertiary/aromatic N) is 1. The number of rotatable bonds is 0. The Kier molecular flexibility index (Phi) is 2.89. The van der Waals surface area contributed by atoms with Gasteiger partial charge in [-0.15, -0.1) is 0 Å². The van der Waals surface area contributed by atoms with Crippen LogP contribution in [0.2, 0.25) is 0 Å². The summed E-state index contributed by atoms with van der Waals surface area (Å²) < 4.78 is 7.60. The number of ether oxygens (including phenoxy) is 1. The van der Waals surface area contributed by atoms with Crippen LogP contribution in [-0.2, 0) is 6.42 Å². The summed E-state index contributed by atoms with van der Waals surface area (Å²) in [6, 6.07) is 7.23. The fraction of sp³-hybridized carbons (Fsp3) is 0.625. The summed E-state index contributed by atoms with van der Waals surface area (Å²) in [7, 11) is 0. The van der Waals surface area contributed by atoms with E-state index in [-0.39, 0.29) is 5.60 Å². The zero-order valence-electron chi connectivity index (χ0n) is 11.2. The fourth-order valence-corrected chi connectivity index (χ4v) is 4.62. The molecular formula is C16H20BrNO. The highest BCUT2D eigenvalue weighted by Gasteiger charge is 2.44. The zero-order chi connectivity index (χ0) is 12.9. The number of hydrogen-bond acceptors (Lipinski definition) is 2. The molecule has 2 nitrogen and oxygen atoms in total. The van der Waals surface area contributed by atoms with Crippen molar-refractivity contribution in [2.24, 2.45) is 0 Å². The molecule has 3 heterocycles. The molecule has 0 saturated carbocycles. The topological polar surface area (TPSA) is 12.5 Å². The van der Waals surface area contributed by atoms with Crippen molar-refractivity contribution in [2.75, 3.05) is 13.1 Å². The normalized spacial score (nSPS) is 33.8. The van der Waals surface area contributed by atoms with Crippen LogP contribution in [-0.4, -0.2) is 29.6 Å². The van der Waals surface area contributed by atoms with Crippen LogP contribution < -0.4 is 4.74 Å². The van der Waals surface area contributed by atoms with Gasteiger partial charge in [0.1, 0.15) is 11.4 Å². The Bertz CT molecular complexity index is 504. The molecule has 1 aromatic rings. The molecule has 2 fully saturated rings. The number of hydrogen-bond donors (Lipinski definition) is 0. The number of halogens is 1. The average molecular weight is 322 g/mol. The quantitative estimate of drug-likeness (QED) is 0.721. The SMILES string of the molecule is Brc1ccc2c(c1)CC1(CCCN3CCCC3C1)O2. The van der Waals surface area contributed by atoms with Gasteiger partial charge in [0.2, 0.25) is 0 Å². The minimum atomic E-state index is 0.0902. The smallest absolute Gasteiger partial charge is 0.123 e. The van der Waals surface area contributed by atoms with Crippen molar-refractivity contribution >= 4 is 15.9 Å². The third-order valence-corrected chi connectivity index (χ3v) is 5.54. The minimum absolute atomic E-state index is 0.0902. The van der Waals surface area contributed by atoms with Crippen LogP contribution in [0.5, 0.6) is 5.75 Å². The van der Waals surface area contributed by atoms with Crippen molar-refractivity contribution in [3.05, 3.63) is 28.2 Å². The summed E-state index contributed by atoms with van der Waals surface area (Å²) in [5.74, 6) is 1.12. The second-order valence-corrected chi connectivity index (χ2v) is 7.27. The maximum Gasteiger partial charge on any atom is 0.123 e. The lowest BCUT2D eigenvalue weighted by Gasteiger charge is -2.30. The van der Waals surface area contributed by atoms with E-state index in [1.54, 1.807) is 0 Å². The van der Waals surface area contributed by atoms with Crippen molar-refractivity contribution in [3.63, 3.8) is 0 Å². The van der Waals surface area contributed by atoms with Gasteiger partial charge in [0.25, 0.3) is 0 Å². The van der Waals surface area contributed by atoms with E-state index in [1.165, 1.54) is 55.2 Å². The van der Waals surface area contributed by atoms with E-state index in [2.05, 4.69) is 39.0 Å². The monoisotopic (exact) mass is 321 g/mol. The fourth-order valence-electron chi connectivity index (χ4n) is 4.21. The molecule has 0 N–H and O–H groups in total. The first kappa shape index (κ1) is 12.2. The number of fused-ring (bicyclic) bond motifs is 2. The molecule has 0 aliphatic carbocycles. The van der Waals surface area contributed by atoms with Crippen molar-refractivity contribution in [1.82, 2.24) is 4.90 Å². The van der Waals surface area contributed by atoms with Gasteiger partial charge in [-0.05, 0) is 62.5 Å². The predicted molar refractivity (Wildman–Crippen MR) is 79.7 cm³/mol. The molecule has 19 heavy (non-hydrogen) atoms. The molecule has 3 aliphatic rings. The van der Waals surface area contributed by atoms with Crippen LogP contribution in [0.4, 0.5) is 0 Å². The maximum atomic E-state index is 6.43. The van der Waals surface area contributed by atoms with Gasteiger partial charge >= 0.3 is 0 Å². The largest absolute Gasteiger partial charge is 0.487 e. The third kappa shape index (κ3) is 2.11. The molecule has 0 amide bonds. The van der Waals surface area contributed by atoms with E-state index < -0.39 is 0 Å². The van der Waals surface area contributed by atoms with Crippen LogP contribution in [0.25, 0.3) is 0 Å². The number of benzene rings is 1. The van der Waals surface area contributed by atoms with E-state index in [1.807, 2.05) is 0 Å². The molecular weight excluding hydrogens is 302 g/mol. The van der Waals surface area contributed by atoms with Crippen molar-refractivity contribution < 1.29 is 4.74 Å². The molecule has 1 aromatic carbocycles. The summed E-state index contributed by atoms with van der Waals surface area (Å²) in [4.78, 5) is 2.69. The highest BCUT2D eigenvalue weighted by atomic mass is 79.9. The highest BCUT2D eigenvalue weighted by molar-refractivity contribution is 9.10. The van der Waals surface area contributed by atoms with Crippen LogP contribution in [0, 0.1) is 0 Å². The van der Waals surface area contributed by atoms with Gasteiger partial charge < -0.3 is 9.64 Å². The van der Waals surface area contributed by atoms with E-state index >= 15 is 0 Å². The van der Waals surface area contributed by atoms with Gasteiger partial charge in [0, 0.05) is 23.4 Å². The predicted octanol–water partition coefficient (Wildman–Crippen LogP) is 3.77. The standard InChI is InChI=1S/C16H20BrNO/c17-13-4-5-15-12(9-13)10-16(19-15)6-2-8-18-7-1-3-14(18)11-16/h4-5,9,14H,1-3,6-8,10-11H2. The van der Waals surface area contributed by atoms with E-state index in [9.17, 15) is 0 Å². The third-order valence-electron chi connectivity index (χ3n) is 5.05. The molecule has 0 aromatic heterocycles. The molecule has 4 rings (SSSR count). The maximum absolute atomic E-state index is 6.43. The molecule has 1 spiro atoms. The van der Waals surface area contributed by atoms with Crippen molar-refractivity contribution in [1.29, 1.82) is 0 Å². The van der Waals surface area contributed by atoms with E-state index in [0.717, 1.165) is 18.2 Å². The van der Waals surface area contributed by atoms with Gasteiger partial charge in [-0.2, -0.15) is 0 Å². The molecule has 102 valence electrons. The Balaban J connectivity index is 1.62. The lowest BCUT2D eigenvalue weighted by molar-refractivity contribution is 0.0649. The molecule has 2 saturated heterocycles. The zero-order valence-corrected chi connectivity index (χ0v) is 12.8. The highest BCUT2D eigenvalue weighted by Crippen LogP contribution is 2.44. The van der Waals surface area contributed by atoms with Gasteiger partial charge in [-0.1, -0.05) is 15.9 Å². The summed E-state index contributed by atoms with van der Waals surface area (Å²) >= 11 is 3.57. The average Bonchev–Trinajstić information content (AvgIpc) is 2.90.